The molecule has 0 aliphatic heterocycles. The predicted molar refractivity (Wildman–Crippen MR) is 55.2 cm³/mol. The van der Waals surface area contributed by atoms with E-state index in [1.54, 1.807) is 6.20 Å². The molecule has 68 valence electrons. The Morgan fingerprint density at radius 2 is 2.38 bits per heavy atom. The number of nitrogens with two attached hydrogens (primary N) is 1. The van der Waals surface area contributed by atoms with Gasteiger partial charge in [0.05, 0.1) is 0 Å². The van der Waals surface area contributed by atoms with Crippen LogP contribution in [0.5, 0.6) is 0 Å². The van der Waals surface area contributed by atoms with Gasteiger partial charge in [0.25, 0.3) is 0 Å². The van der Waals surface area contributed by atoms with E-state index < -0.39 is 0 Å². The third-order valence-corrected chi connectivity index (χ3v) is 1.91. The molecule has 1 rings (SSSR count). The first-order valence-electron chi connectivity index (χ1n) is 4.38. The zero-order valence-corrected chi connectivity index (χ0v) is 7.88. The van der Waals surface area contributed by atoms with Gasteiger partial charge < -0.3 is 5.73 Å². The minimum absolute atomic E-state index is 0.627. The van der Waals surface area contributed by atoms with Crippen molar-refractivity contribution in [1.82, 2.24) is 4.98 Å². The first kappa shape index (κ1) is 9.60. The molecule has 2 N–H and O–H groups in total. The molecule has 0 aliphatic rings. The van der Waals surface area contributed by atoms with Crippen LogP contribution in [0.25, 0.3) is 0 Å². The van der Waals surface area contributed by atoms with Gasteiger partial charge in [-0.15, -0.1) is 12.3 Å². The smallest absolute Gasteiger partial charge is 0.126 e. The molecular weight excluding hydrogens is 160 g/mol. The summed E-state index contributed by atoms with van der Waals surface area (Å²) in [7, 11) is 0. The van der Waals surface area contributed by atoms with Crippen LogP contribution in [0.4, 0.5) is 5.82 Å². The minimum atomic E-state index is 0.627. The van der Waals surface area contributed by atoms with Gasteiger partial charge >= 0.3 is 0 Å². The Bertz CT molecular complexity index is 323. The summed E-state index contributed by atoms with van der Waals surface area (Å²) in [5.41, 5.74) is 7.96. The second-order valence-corrected chi connectivity index (χ2v) is 3.11. The van der Waals surface area contributed by atoms with E-state index in [1.807, 2.05) is 6.92 Å². The van der Waals surface area contributed by atoms with E-state index in [9.17, 15) is 0 Å². The molecule has 0 saturated heterocycles. The van der Waals surface area contributed by atoms with Crippen LogP contribution in [0.15, 0.2) is 12.3 Å². The van der Waals surface area contributed by atoms with Crippen molar-refractivity contribution in [2.45, 2.75) is 26.2 Å². The number of hydrogen-bond acceptors (Lipinski definition) is 2. The molecule has 0 bridgehead atoms. The number of aromatic nitrogens is 1. The number of unbranched alkanes of at least 4 members (excludes halogenated alkanes) is 1. The summed E-state index contributed by atoms with van der Waals surface area (Å²) in [6.45, 7) is 2.01. The fourth-order valence-electron chi connectivity index (χ4n) is 1.22. The third kappa shape index (κ3) is 2.79. The molecule has 0 atom stereocenters. The standard InChI is InChI=1S/C11H14N2/c1-3-4-5-6-10-7-9(2)8-13-11(10)12/h1,7-8H,4-6H2,2H3,(H2,12,13). The van der Waals surface area contributed by atoms with Crippen LogP contribution < -0.4 is 5.73 Å². The molecule has 2 heteroatoms. The summed E-state index contributed by atoms with van der Waals surface area (Å²) < 4.78 is 0. The molecule has 2 nitrogen and oxygen atoms in total. The average molecular weight is 174 g/mol. The number of nitrogens with zero attached hydrogens (tertiary/aromatic N) is 1. The molecule has 0 saturated carbocycles. The van der Waals surface area contributed by atoms with Gasteiger partial charge in [0.15, 0.2) is 0 Å². The Balaban J connectivity index is 2.65. The molecule has 0 amide bonds. The summed E-state index contributed by atoms with van der Waals surface area (Å²) in [5, 5.41) is 0. The van der Waals surface area contributed by atoms with E-state index in [1.165, 1.54) is 0 Å². The summed E-state index contributed by atoms with van der Waals surface area (Å²) >= 11 is 0. The van der Waals surface area contributed by atoms with E-state index >= 15 is 0 Å². The zero-order chi connectivity index (χ0) is 9.68. The Hall–Kier alpha value is -1.49. The van der Waals surface area contributed by atoms with E-state index in [0.29, 0.717) is 5.82 Å². The van der Waals surface area contributed by atoms with Crippen molar-refractivity contribution in [1.29, 1.82) is 0 Å². The lowest BCUT2D eigenvalue weighted by molar-refractivity contribution is 0.854. The van der Waals surface area contributed by atoms with Crippen molar-refractivity contribution in [3.63, 3.8) is 0 Å². The molecule has 0 radical (unpaired) electrons. The van der Waals surface area contributed by atoms with Crippen LogP contribution in [-0.4, -0.2) is 4.98 Å². The van der Waals surface area contributed by atoms with Crippen molar-refractivity contribution in [3.8, 4) is 12.3 Å². The van der Waals surface area contributed by atoms with Crippen LogP contribution in [0, 0.1) is 19.3 Å². The van der Waals surface area contributed by atoms with E-state index in [0.717, 1.165) is 30.4 Å². The number of aryl methyl sites for hydroxylation is 2. The average Bonchev–Trinajstić information content (AvgIpc) is 2.11. The maximum Gasteiger partial charge on any atom is 0.126 e. The SMILES string of the molecule is C#CCCCc1cc(C)cnc1N. The van der Waals surface area contributed by atoms with Gasteiger partial charge in [0, 0.05) is 12.6 Å². The molecule has 1 aromatic rings. The highest BCUT2D eigenvalue weighted by atomic mass is 14.8. The van der Waals surface area contributed by atoms with Crippen molar-refractivity contribution >= 4 is 5.82 Å². The number of terminal acetylenes is 1. The lowest BCUT2D eigenvalue weighted by Gasteiger charge is -2.03. The molecule has 0 unspecified atom stereocenters. The maximum atomic E-state index is 5.71. The van der Waals surface area contributed by atoms with Crippen LogP contribution in [0.1, 0.15) is 24.0 Å². The largest absolute Gasteiger partial charge is 0.383 e. The third-order valence-electron chi connectivity index (χ3n) is 1.91. The van der Waals surface area contributed by atoms with Gasteiger partial charge in [-0.05, 0) is 30.9 Å². The van der Waals surface area contributed by atoms with Crippen molar-refractivity contribution < 1.29 is 0 Å². The molecule has 1 aromatic heterocycles. The van der Waals surface area contributed by atoms with Crippen LogP contribution in [0.3, 0.4) is 0 Å². The summed E-state index contributed by atoms with van der Waals surface area (Å²) in [6, 6.07) is 2.07. The summed E-state index contributed by atoms with van der Waals surface area (Å²) in [4.78, 5) is 4.08. The Kier molecular flexibility index (Phi) is 3.33. The highest BCUT2D eigenvalue weighted by molar-refractivity contribution is 5.40. The van der Waals surface area contributed by atoms with Crippen LogP contribution in [0.2, 0.25) is 0 Å². The number of pyridine rings is 1. The Morgan fingerprint density at radius 1 is 1.62 bits per heavy atom. The normalized spacial score (nSPS) is 9.54. The zero-order valence-electron chi connectivity index (χ0n) is 7.88. The quantitative estimate of drug-likeness (QED) is 0.561. The van der Waals surface area contributed by atoms with E-state index in [2.05, 4.69) is 17.0 Å². The van der Waals surface area contributed by atoms with Crippen molar-refractivity contribution in [2.24, 2.45) is 0 Å². The van der Waals surface area contributed by atoms with Gasteiger partial charge in [-0.2, -0.15) is 0 Å². The fourth-order valence-corrected chi connectivity index (χ4v) is 1.22. The summed E-state index contributed by atoms with van der Waals surface area (Å²) in [5.74, 6) is 3.24. The Morgan fingerprint density at radius 3 is 3.08 bits per heavy atom. The highest BCUT2D eigenvalue weighted by Gasteiger charge is 1.99. The first-order valence-corrected chi connectivity index (χ1v) is 4.38. The van der Waals surface area contributed by atoms with Gasteiger partial charge in [-0.25, -0.2) is 4.98 Å². The van der Waals surface area contributed by atoms with Crippen LogP contribution in [-0.2, 0) is 6.42 Å². The second kappa shape index (κ2) is 4.51. The lowest BCUT2D eigenvalue weighted by atomic mass is 10.1. The van der Waals surface area contributed by atoms with E-state index in [-0.39, 0.29) is 0 Å². The highest BCUT2D eigenvalue weighted by Crippen LogP contribution is 2.12. The van der Waals surface area contributed by atoms with Crippen LogP contribution >= 0.6 is 0 Å². The number of anilines is 1. The lowest BCUT2D eigenvalue weighted by Crippen LogP contribution is -1.98. The molecule has 1 heterocycles. The molecular formula is C11H14N2. The van der Waals surface area contributed by atoms with E-state index in [4.69, 9.17) is 12.2 Å². The monoisotopic (exact) mass is 174 g/mol. The minimum Gasteiger partial charge on any atom is -0.383 e. The topological polar surface area (TPSA) is 38.9 Å². The van der Waals surface area contributed by atoms with Gasteiger partial charge in [0.2, 0.25) is 0 Å². The molecule has 13 heavy (non-hydrogen) atoms. The van der Waals surface area contributed by atoms with Crippen molar-refractivity contribution in [2.75, 3.05) is 5.73 Å². The maximum absolute atomic E-state index is 5.71. The van der Waals surface area contributed by atoms with Crippen molar-refractivity contribution in [3.05, 3.63) is 23.4 Å². The number of nitrogen functional groups attached to an aromatic ring is 1. The molecule has 0 aliphatic carbocycles. The Labute approximate surface area is 79.2 Å². The van der Waals surface area contributed by atoms with Gasteiger partial charge in [0.1, 0.15) is 5.82 Å². The second-order valence-electron chi connectivity index (χ2n) is 3.11. The number of hydrogen-bond donors (Lipinski definition) is 1. The predicted octanol–water partition coefficient (Wildman–Crippen LogP) is 1.93. The first-order chi connectivity index (χ1) is 6.24. The fraction of sp³-hybridized carbons (Fsp3) is 0.364. The van der Waals surface area contributed by atoms with Gasteiger partial charge in [-0.3, -0.25) is 0 Å². The molecule has 0 fully saturated rings. The molecule has 0 spiro atoms. The molecule has 0 aromatic carbocycles. The van der Waals surface area contributed by atoms with Gasteiger partial charge in [-0.1, -0.05) is 6.07 Å². The number of rotatable bonds is 3. The summed E-state index contributed by atoms with van der Waals surface area (Å²) in [6.07, 6.45) is 9.64.